The van der Waals surface area contributed by atoms with Crippen molar-refractivity contribution >= 4 is 0 Å². The average molecular weight is 335 g/mol. The largest absolute Gasteiger partial charge is 0.0808 e. The maximum Gasteiger partial charge on any atom is -0.0122 e. The molecule has 134 valence electrons. The highest BCUT2D eigenvalue weighted by atomic mass is 14.5. The Hall–Kier alpha value is -1.30. The van der Waals surface area contributed by atoms with Gasteiger partial charge in [-0.1, -0.05) is 82.3 Å². The standard InChI is InChI=1S/C25H34/c1-16-17(2)19(4)23(18(16)3)15-25-22-13-9-8-12-21(22)14-24(25)20-10-6-5-7-11-20/h5-13,16-19,21-25H,14-15H2,1-4H3. The molecule has 3 aliphatic rings. The van der Waals surface area contributed by atoms with Gasteiger partial charge in [0.25, 0.3) is 0 Å². The SMILES string of the molecule is CC1C(C)C(C)C(CC2C(c3ccccc3)CC3C=CC=CC32)C1C. The van der Waals surface area contributed by atoms with Gasteiger partial charge in [-0.05, 0) is 71.7 Å². The average Bonchev–Trinajstić information content (AvgIpc) is 3.10. The first-order chi connectivity index (χ1) is 12.1. The van der Waals surface area contributed by atoms with E-state index in [1.165, 1.54) is 12.8 Å². The second-order valence-electron chi connectivity index (χ2n) is 9.26. The zero-order valence-corrected chi connectivity index (χ0v) is 16.3. The summed E-state index contributed by atoms with van der Waals surface area (Å²) in [6.07, 6.45) is 12.3. The summed E-state index contributed by atoms with van der Waals surface area (Å²) < 4.78 is 0. The molecule has 8 atom stereocenters. The van der Waals surface area contributed by atoms with Crippen molar-refractivity contribution in [2.45, 2.75) is 46.5 Å². The number of rotatable bonds is 3. The van der Waals surface area contributed by atoms with Crippen LogP contribution in [0.3, 0.4) is 0 Å². The Labute approximate surface area is 154 Å². The van der Waals surface area contributed by atoms with Gasteiger partial charge in [0.2, 0.25) is 0 Å². The highest BCUT2D eigenvalue weighted by Crippen LogP contribution is 2.56. The molecule has 25 heavy (non-hydrogen) atoms. The Morgan fingerprint density at radius 1 is 0.760 bits per heavy atom. The van der Waals surface area contributed by atoms with Crippen LogP contribution < -0.4 is 0 Å². The van der Waals surface area contributed by atoms with Gasteiger partial charge in [-0.3, -0.25) is 0 Å². The number of hydrogen-bond acceptors (Lipinski definition) is 0. The zero-order chi connectivity index (χ0) is 17.6. The summed E-state index contributed by atoms with van der Waals surface area (Å²) in [5, 5.41) is 0. The van der Waals surface area contributed by atoms with Crippen LogP contribution in [0.15, 0.2) is 54.6 Å². The third-order valence-corrected chi connectivity index (χ3v) is 8.45. The van der Waals surface area contributed by atoms with Crippen molar-refractivity contribution in [2.24, 2.45) is 47.3 Å². The van der Waals surface area contributed by atoms with Crippen LogP contribution in [0, 0.1) is 47.3 Å². The van der Waals surface area contributed by atoms with E-state index in [-0.39, 0.29) is 0 Å². The minimum absolute atomic E-state index is 0.731. The molecule has 0 spiro atoms. The molecule has 1 aromatic rings. The quantitative estimate of drug-likeness (QED) is 0.576. The molecule has 3 aliphatic carbocycles. The molecule has 0 radical (unpaired) electrons. The Kier molecular flexibility index (Phi) is 4.65. The highest BCUT2D eigenvalue weighted by Gasteiger charge is 2.47. The monoisotopic (exact) mass is 334 g/mol. The summed E-state index contributed by atoms with van der Waals surface area (Å²) in [5.41, 5.74) is 1.57. The van der Waals surface area contributed by atoms with Crippen LogP contribution in [-0.2, 0) is 0 Å². The van der Waals surface area contributed by atoms with Crippen molar-refractivity contribution in [3.05, 3.63) is 60.2 Å². The Bertz CT molecular complexity index is 625. The fraction of sp³-hybridized carbons (Fsp3) is 0.600. The van der Waals surface area contributed by atoms with Gasteiger partial charge in [0.15, 0.2) is 0 Å². The van der Waals surface area contributed by atoms with Crippen molar-refractivity contribution in [1.82, 2.24) is 0 Å². The van der Waals surface area contributed by atoms with Crippen LogP contribution >= 0.6 is 0 Å². The third-order valence-electron chi connectivity index (χ3n) is 8.45. The van der Waals surface area contributed by atoms with Gasteiger partial charge in [0.1, 0.15) is 0 Å². The van der Waals surface area contributed by atoms with Crippen LogP contribution in [0.5, 0.6) is 0 Å². The molecule has 8 unspecified atom stereocenters. The lowest BCUT2D eigenvalue weighted by Crippen LogP contribution is -2.23. The van der Waals surface area contributed by atoms with Crippen molar-refractivity contribution < 1.29 is 0 Å². The lowest BCUT2D eigenvalue weighted by molar-refractivity contribution is 0.221. The molecule has 0 amide bonds. The summed E-state index contributed by atoms with van der Waals surface area (Å²) in [5.74, 6) is 7.40. The topological polar surface area (TPSA) is 0 Å². The van der Waals surface area contributed by atoms with Crippen molar-refractivity contribution in [2.75, 3.05) is 0 Å². The minimum atomic E-state index is 0.731. The molecule has 2 saturated carbocycles. The lowest BCUT2D eigenvalue weighted by atomic mass is 9.73. The molecule has 0 heterocycles. The van der Waals surface area contributed by atoms with Crippen molar-refractivity contribution in [3.63, 3.8) is 0 Å². The molecular weight excluding hydrogens is 300 g/mol. The number of allylic oxidation sites excluding steroid dienone is 4. The van der Waals surface area contributed by atoms with Gasteiger partial charge in [-0.2, -0.15) is 0 Å². The van der Waals surface area contributed by atoms with Crippen LogP contribution in [0.25, 0.3) is 0 Å². The normalized spacial score (nSPS) is 45.7. The van der Waals surface area contributed by atoms with Gasteiger partial charge in [-0.25, -0.2) is 0 Å². The molecule has 2 fully saturated rings. The summed E-state index contributed by atoms with van der Waals surface area (Å²) in [6, 6.07) is 11.4. The van der Waals surface area contributed by atoms with Gasteiger partial charge >= 0.3 is 0 Å². The summed E-state index contributed by atoms with van der Waals surface area (Å²) in [4.78, 5) is 0. The molecule has 0 bridgehead atoms. The second-order valence-corrected chi connectivity index (χ2v) is 9.26. The molecular formula is C25H34. The summed E-state index contributed by atoms with van der Waals surface area (Å²) in [6.45, 7) is 10.0. The van der Waals surface area contributed by atoms with E-state index < -0.39 is 0 Å². The van der Waals surface area contributed by atoms with Crippen LogP contribution in [-0.4, -0.2) is 0 Å². The fourth-order valence-electron chi connectivity index (χ4n) is 6.47. The van der Waals surface area contributed by atoms with Gasteiger partial charge < -0.3 is 0 Å². The number of benzene rings is 1. The van der Waals surface area contributed by atoms with E-state index in [0.29, 0.717) is 0 Å². The Morgan fingerprint density at radius 2 is 1.40 bits per heavy atom. The Balaban J connectivity index is 1.62. The maximum absolute atomic E-state index is 2.52. The highest BCUT2D eigenvalue weighted by molar-refractivity contribution is 5.28. The first-order valence-corrected chi connectivity index (χ1v) is 10.5. The van der Waals surface area contributed by atoms with Gasteiger partial charge in [0, 0.05) is 0 Å². The smallest absolute Gasteiger partial charge is 0.0122 e. The van der Waals surface area contributed by atoms with E-state index >= 15 is 0 Å². The Morgan fingerprint density at radius 3 is 2.08 bits per heavy atom. The van der Waals surface area contributed by atoms with Crippen molar-refractivity contribution in [1.29, 1.82) is 0 Å². The predicted molar refractivity (Wildman–Crippen MR) is 107 cm³/mol. The molecule has 0 aromatic heterocycles. The molecule has 0 saturated heterocycles. The number of fused-ring (bicyclic) bond motifs is 1. The van der Waals surface area contributed by atoms with Gasteiger partial charge in [0.05, 0.1) is 0 Å². The van der Waals surface area contributed by atoms with E-state index in [0.717, 1.165) is 53.3 Å². The van der Waals surface area contributed by atoms with E-state index in [1.807, 2.05) is 0 Å². The minimum Gasteiger partial charge on any atom is -0.0808 e. The first kappa shape index (κ1) is 17.1. The zero-order valence-electron chi connectivity index (χ0n) is 16.3. The molecule has 0 aliphatic heterocycles. The molecule has 0 heteroatoms. The predicted octanol–water partition coefficient (Wildman–Crippen LogP) is 6.71. The third kappa shape index (κ3) is 2.92. The van der Waals surface area contributed by atoms with Crippen LogP contribution in [0.4, 0.5) is 0 Å². The second kappa shape index (κ2) is 6.78. The van der Waals surface area contributed by atoms with Crippen LogP contribution in [0.1, 0.15) is 52.0 Å². The van der Waals surface area contributed by atoms with Crippen molar-refractivity contribution in [3.8, 4) is 0 Å². The summed E-state index contributed by atoms with van der Waals surface area (Å²) in [7, 11) is 0. The van der Waals surface area contributed by atoms with E-state index in [1.54, 1.807) is 5.56 Å². The van der Waals surface area contributed by atoms with E-state index in [4.69, 9.17) is 0 Å². The number of hydrogen-bond donors (Lipinski definition) is 0. The lowest BCUT2D eigenvalue weighted by Gasteiger charge is -2.32. The molecule has 0 N–H and O–H groups in total. The maximum atomic E-state index is 2.52. The van der Waals surface area contributed by atoms with E-state index in [2.05, 4.69) is 82.3 Å². The first-order valence-electron chi connectivity index (χ1n) is 10.5. The van der Waals surface area contributed by atoms with Gasteiger partial charge in [-0.15, -0.1) is 0 Å². The van der Waals surface area contributed by atoms with E-state index in [9.17, 15) is 0 Å². The van der Waals surface area contributed by atoms with Crippen LogP contribution in [0.2, 0.25) is 0 Å². The molecule has 1 aromatic carbocycles. The molecule has 4 rings (SSSR count). The molecule has 0 nitrogen and oxygen atoms in total. The fourth-order valence-corrected chi connectivity index (χ4v) is 6.47. The summed E-state index contributed by atoms with van der Waals surface area (Å²) >= 11 is 0.